The number of aromatic nitrogens is 2. The van der Waals surface area contributed by atoms with Crippen molar-refractivity contribution in [2.75, 3.05) is 0 Å². The van der Waals surface area contributed by atoms with Crippen LogP contribution in [0.4, 0.5) is 0 Å². The van der Waals surface area contributed by atoms with Gasteiger partial charge in [0.05, 0.1) is 10.7 Å². The largest absolute Gasteiger partial charge is 0.422 e. The van der Waals surface area contributed by atoms with E-state index in [2.05, 4.69) is 4.98 Å². The third-order valence-electron chi connectivity index (χ3n) is 2.68. The van der Waals surface area contributed by atoms with E-state index in [0.29, 0.717) is 21.6 Å². The van der Waals surface area contributed by atoms with Gasteiger partial charge in [-0.3, -0.25) is 4.40 Å². The Kier molecular flexibility index (Phi) is 3.96. The van der Waals surface area contributed by atoms with E-state index < -0.39 is 5.97 Å². The first kappa shape index (κ1) is 14.1. The van der Waals surface area contributed by atoms with E-state index >= 15 is 0 Å². The standard InChI is InChI=1S/C14H8Cl2N2O2S/c15-9-3-1-2-4-11(9)20-12(19)6-5-10-13(16)17-14-18(10)7-8-21-14/h1-8H/b6-5+. The SMILES string of the molecule is O=C(/C=C/c1c(Cl)nc2sccn12)Oc1ccccc1Cl. The molecule has 0 bridgehead atoms. The van der Waals surface area contributed by atoms with Gasteiger partial charge in [0.1, 0.15) is 5.75 Å². The average molecular weight is 339 g/mol. The van der Waals surface area contributed by atoms with Crippen LogP contribution in [0.3, 0.4) is 0 Å². The molecule has 0 radical (unpaired) electrons. The Hall–Kier alpha value is -1.82. The van der Waals surface area contributed by atoms with Gasteiger partial charge in [0, 0.05) is 17.7 Å². The van der Waals surface area contributed by atoms with E-state index in [4.69, 9.17) is 27.9 Å². The monoisotopic (exact) mass is 338 g/mol. The highest BCUT2D eigenvalue weighted by Crippen LogP contribution is 2.24. The van der Waals surface area contributed by atoms with Crippen LogP contribution in [-0.2, 0) is 4.79 Å². The summed E-state index contributed by atoms with van der Waals surface area (Å²) in [6.07, 6.45) is 4.68. The Morgan fingerprint density at radius 2 is 2.14 bits per heavy atom. The van der Waals surface area contributed by atoms with E-state index in [1.54, 1.807) is 34.7 Å². The molecule has 0 aliphatic heterocycles. The van der Waals surface area contributed by atoms with Crippen molar-refractivity contribution in [2.45, 2.75) is 0 Å². The lowest BCUT2D eigenvalue weighted by atomic mass is 10.3. The molecule has 0 saturated carbocycles. The fraction of sp³-hybridized carbons (Fsp3) is 0. The summed E-state index contributed by atoms with van der Waals surface area (Å²) in [4.78, 5) is 16.7. The van der Waals surface area contributed by atoms with E-state index in [1.807, 2.05) is 11.6 Å². The molecule has 0 spiro atoms. The van der Waals surface area contributed by atoms with Gasteiger partial charge in [-0.05, 0) is 18.2 Å². The predicted molar refractivity (Wildman–Crippen MR) is 84.2 cm³/mol. The Bertz CT molecular complexity index is 838. The third-order valence-corrected chi connectivity index (χ3v) is 4.03. The summed E-state index contributed by atoms with van der Waals surface area (Å²) in [7, 11) is 0. The number of esters is 1. The Labute approximate surface area is 134 Å². The summed E-state index contributed by atoms with van der Waals surface area (Å²) >= 11 is 13.4. The number of carbonyl (C=O) groups excluding carboxylic acids is 1. The van der Waals surface area contributed by atoms with Gasteiger partial charge in [0.15, 0.2) is 10.1 Å². The number of fused-ring (bicyclic) bond motifs is 1. The number of para-hydroxylation sites is 1. The van der Waals surface area contributed by atoms with Crippen molar-refractivity contribution >= 4 is 51.5 Å². The molecule has 0 amide bonds. The number of hydrogen-bond donors (Lipinski definition) is 0. The minimum atomic E-state index is -0.538. The molecule has 0 unspecified atom stereocenters. The lowest BCUT2D eigenvalue weighted by molar-refractivity contribution is -0.128. The molecule has 0 fully saturated rings. The summed E-state index contributed by atoms with van der Waals surface area (Å²) < 4.78 is 6.95. The first-order chi connectivity index (χ1) is 10.1. The first-order valence-electron chi connectivity index (χ1n) is 5.90. The molecule has 2 heterocycles. The molecule has 106 valence electrons. The molecule has 4 nitrogen and oxygen atoms in total. The lowest BCUT2D eigenvalue weighted by Gasteiger charge is -2.02. The van der Waals surface area contributed by atoms with Gasteiger partial charge in [-0.15, -0.1) is 11.3 Å². The van der Waals surface area contributed by atoms with Crippen LogP contribution < -0.4 is 4.74 Å². The molecule has 0 saturated heterocycles. The number of nitrogens with zero attached hydrogens (tertiary/aromatic N) is 2. The van der Waals surface area contributed by atoms with Gasteiger partial charge in [-0.2, -0.15) is 0 Å². The van der Waals surface area contributed by atoms with Crippen molar-refractivity contribution < 1.29 is 9.53 Å². The molecule has 3 rings (SSSR count). The normalized spacial score (nSPS) is 11.3. The molecular formula is C14H8Cl2N2O2S. The number of halogens is 2. The Morgan fingerprint density at radius 3 is 2.95 bits per heavy atom. The second kappa shape index (κ2) is 5.89. The van der Waals surface area contributed by atoms with Crippen LogP contribution in [0, 0.1) is 0 Å². The van der Waals surface area contributed by atoms with Crippen LogP contribution in [0.25, 0.3) is 11.0 Å². The number of thiazole rings is 1. The summed E-state index contributed by atoms with van der Waals surface area (Å²) in [6, 6.07) is 6.77. The van der Waals surface area contributed by atoms with Gasteiger partial charge in [0.2, 0.25) is 0 Å². The Morgan fingerprint density at radius 1 is 1.33 bits per heavy atom. The summed E-state index contributed by atoms with van der Waals surface area (Å²) in [5, 5.41) is 2.60. The molecule has 21 heavy (non-hydrogen) atoms. The summed E-state index contributed by atoms with van der Waals surface area (Å²) in [6.45, 7) is 0. The average Bonchev–Trinajstić information content (AvgIpc) is 3.00. The predicted octanol–water partition coefficient (Wildman–Crippen LogP) is 4.32. The highest BCUT2D eigenvalue weighted by atomic mass is 35.5. The molecule has 0 N–H and O–H groups in total. The van der Waals surface area contributed by atoms with E-state index in [9.17, 15) is 4.79 Å². The fourth-order valence-corrected chi connectivity index (χ4v) is 2.92. The van der Waals surface area contributed by atoms with Gasteiger partial charge < -0.3 is 4.74 Å². The van der Waals surface area contributed by atoms with Gasteiger partial charge in [-0.1, -0.05) is 35.3 Å². The quantitative estimate of drug-likeness (QED) is 0.405. The highest BCUT2D eigenvalue weighted by molar-refractivity contribution is 7.15. The zero-order valence-electron chi connectivity index (χ0n) is 10.5. The van der Waals surface area contributed by atoms with E-state index in [1.165, 1.54) is 17.4 Å². The van der Waals surface area contributed by atoms with Crippen LogP contribution in [0.15, 0.2) is 41.9 Å². The topological polar surface area (TPSA) is 43.6 Å². The molecule has 3 aromatic rings. The summed E-state index contributed by atoms with van der Waals surface area (Å²) in [5.41, 5.74) is 0.629. The van der Waals surface area contributed by atoms with Crippen molar-refractivity contribution in [1.82, 2.24) is 9.38 Å². The molecule has 2 aromatic heterocycles. The smallest absolute Gasteiger partial charge is 0.336 e. The maximum absolute atomic E-state index is 11.8. The number of ether oxygens (including phenoxy) is 1. The third kappa shape index (κ3) is 2.95. The molecule has 0 aliphatic rings. The van der Waals surface area contributed by atoms with Crippen molar-refractivity contribution in [3.63, 3.8) is 0 Å². The van der Waals surface area contributed by atoms with Crippen molar-refractivity contribution in [2.24, 2.45) is 0 Å². The zero-order valence-corrected chi connectivity index (χ0v) is 12.8. The highest BCUT2D eigenvalue weighted by Gasteiger charge is 2.10. The number of rotatable bonds is 3. The summed E-state index contributed by atoms with van der Waals surface area (Å²) in [5.74, 6) is -0.224. The maximum Gasteiger partial charge on any atom is 0.336 e. The van der Waals surface area contributed by atoms with Crippen molar-refractivity contribution in [3.8, 4) is 5.75 Å². The number of imidazole rings is 1. The fourth-order valence-electron chi connectivity index (χ4n) is 1.74. The lowest BCUT2D eigenvalue weighted by Crippen LogP contribution is -2.04. The van der Waals surface area contributed by atoms with Crippen LogP contribution in [0.1, 0.15) is 5.69 Å². The number of hydrogen-bond acceptors (Lipinski definition) is 4. The minimum absolute atomic E-state index is 0.314. The second-order valence-electron chi connectivity index (χ2n) is 4.03. The molecule has 0 atom stereocenters. The van der Waals surface area contributed by atoms with Crippen molar-refractivity contribution in [3.05, 3.63) is 57.8 Å². The number of carbonyl (C=O) groups is 1. The van der Waals surface area contributed by atoms with Crippen LogP contribution in [0.5, 0.6) is 5.75 Å². The molecular weight excluding hydrogens is 331 g/mol. The second-order valence-corrected chi connectivity index (χ2v) is 5.67. The molecule has 7 heteroatoms. The maximum atomic E-state index is 11.8. The van der Waals surface area contributed by atoms with Crippen LogP contribution >= 0.6 is 34.5 Å². The van der Waals surface area contributed by atoms with Crippen LogP contribution in [-0.4, -0.2) is 15.4 Å². The van der Waals surface area contributed by atoms with Crippen LogP contribution in [0.2, 0.25) is 10.2 Å². The minimum Gasteiger partial charge on any atom is -0.422 e. The first-order valence-corrected chi connectivity index (χ1v) is 7.54. The molecule has 1 aromatic carbocycles. The van der Waals surface area contributed by atoms with Gasteiger partial charge in [0.25, 0.3) is 0 Å². The zero-order chi connectivity index (χ0) is 14.8. The molecule has 0 aliphatic carbocycles. The van der Waals surface area contributed by atoms with E-state index in [-0.39, 0.29) is 0 Å². The van der Waals surface area contributed by atoms with Crippen molar-refractivity contribution in [1.29, 1.82) is 0 Å². The van der Waals surface area contributed by atoms with Gasteiger partial charge >= 0.3 is 5.97 Å². The number of benzene rings is 1. The van der Waals surface area contributed by atoms with Gasteiger partial charge in [-0.25, -0.2) is 9.78 Å². The Balaban J connectivity index is 1.80. The van der Waals surface area contributed by atoms with E-state index in [0.717, 1.165) is 4.96 Å².